The second-order valence-electron chi connectivity index (χ2n) is 2.16. The molecule has 0 radical (unpaired) electrons. The van der Waals surface area contributed by atoms with Gasteiger partial charge < -0.3 is 0 Å². The zero-order valence-corrected chi connectivity index (χ0v) is 7.71. The van der Waals surface area contributed by atoms with E-state index < -0.39 is 0 Å². The smallest absolute Gasteiger partial charge is 0.116 e. The van der Waals surface area contributed by atoms with Crippen LogP contribution in [0.25, 0.3) is 0 Å². The molecule has 0 spiro atoms. The van der Waals surface area contributed by atoms with E-state index in [0.717, 1.165) is 23.1 Å². The average Bonchev–Trinajstić information content (AvgIpc) is 2.01. The first-order valence-electron chi connectivity index (χ1n) is 3.40. The molecule has 0 fully saturated rings. The van der Waals surface area contributed by atoms with E-state index in [4.69, 9.17) is 0 Å². The third-order valence-electron chi connectivity index (χ3n) is 1.29. The number of allylic oxidation sites excluding steroid dienone is 1. The third-order valence-corrected chi connectivity index (χ3v) is 1.73. The first kappa shape index (κ1) is 8.40. The Labute approximate surface area is 74.5 Å². The van der Waals surface area contributed by atoms with Crippen molar-refractivity contribution in [2.75, 3.05) is 0 Å². The van der Waals surface area contributed by atoms with Crippen molar-refractivity contribution in [3.63, 3.8) is 0 Å². The van der Waals surface area contributed by atoms with E-state index in [9.17, 15) is 0 Å². The van der Waals surface area contributed by atoms with Crippen molar-refractivity contribution < 1.29 is 0 Å². The van der Waals surface area contributed by atoms with Crippen LogP contribution in [-0.2, 0) is 6.42 Å². The van der Waals surface area contributed by atoms with Crippen LogP contribution in [0.1, 0.15) is 12.1 Å². The Balaban J connectivity index is 2.63. The fourth-order valence-electron chi connectivity index (χ4n) is 0.757. The molecule has 58 valence electrons. The highest BCUT2D eigenvalue weighted by Crippen LogP contribution is 2.06. The van der Waals surface area contributed by atoms with Gasteiger partial charge in [0.05, 0.1) is 0 Å². The molecule has 0 saturated heterocycles. The van der Waals surface area contributed by atoms with E-state index in [-0.39, 0.29) is 0 Å². The highest BCUT2D eigenvalue weighted by Gasteiger charge is 1.93. The van der Waals surface area contributed by atoms with Crippen LogP contribution in [0.5, 0.6) is 0 Å². The molecule has 0 aliphatic rings. The number of rotatable bonds is 3. The summed E-state index contributed by atoms with van der Waals surface area (Å²) in [5.41, 5.74) is 1.05. The molecule has 2 nitrogen and oxygen atoms in total. The minimum atomic E-state index is 0.839. The Bertz CT molecular complexity index is 248. The highest BCUT2D eigenvalue weighted by atomic mass is 79.9. The summed E-state index contributed by atoms with van der Waals surface area (Å²) < 4.78 is 0.839. The summed E-state index contributed by atoms with van der Waals surface area (Å²) in [6, 6.07) is 1.92. The van der Waals surface area contributed by atoms with E-state index in [1.165, 1.54) is 0 Å². The molecule has 3 heteroatoms. The SMILES string of the molecule is C=CCCc1cc(Br)ncn1. The molecule has 1 aromatic heterocycles. The lowest BCUT2D eigenvalue weighted by atomic mass is 10.2. The third kappa shape index (κ3) is 2.80. The maximum Gasteiger partial charge on any atom is 0.116 e. The molecule has 1 aromatic rings. The molecule has 0 aliphatic carbocycles. The molecule has 1 rings (SSSR count). The Morgan fingerprint density at radius 2 is 2.36 bits per heavy atom. The lowest BCUT2D eigenvalue weighted by Crippen LogP contribution is -1.89. The summed E-state index contributed by atoms with van der Waals surface area (Å²) in [5, 5.41) is 0. The molecular weight excluding hydrogens is 204 g/mol. The summed E-state index contributed by atoms with van der Waals surface area (Å²) >= 11 is 3.28. The van der Waals surface area contributed by atoms with Crippen molar-refractivity contribution in [3.05, 3.63) is 35.3 Å². The number of aryl methyl sites for hydroxylation is 1. The van der Waals surface area contributed by atoms with Crippen molar-refractivity contribution >= 4 is 15.9 Å². The van der Waals surface area contributed by atoms with Crippen molar-refractivity contribution in [1.82, 2.24) is 9.97 Å². The summed E-state index contributed by atoms with van der Waals surface area (Å²) in [6.45, 7) is 3.64. The molecule has 11 heavy (non-hydrogen) atoms. The van der Waals surface area contributed by atoms with Gasteiger partial charge in [0, 0.05) is 5.69 Å². The molecule has 0 bridgehead atoms. The molecule has 0 N–H and O–H groups in total. The van der Waals surface area contributed by atoms with E-state index >= 15 is 0 Å². The minimum absolute atomic E-state index is 0.839. The van der Waals surface area contributed by atoms with Crippen LogP contribution in [0.3, 0.4) is 0 Å². The van der Waals surface area contributed by atoms with Crippen molar-refractivity contribution in [2.45, 2.75) is 12.8 Å². The fraction of sp³-hybridized carbons (Fsp3) is 0.250. The summed E-state index contributed by atoms with van der Waals surface area (Å²) in [7, 11) is 0. The van der Waals surface area contributed by atoms with Gasteiger partial charge in [0.1, 0.15) is 10.9 Å². The van der Waals surface area contributed by atoms with E-state index in [1.54, 1.807) is 6.33 Å². The summed E-state index contributed by atoms with van der Waals surface area (Å²) in [5.74, 6) is 0. The van der Waals surface area contributed by atoms with Gasteiger partial charge in [0.2, 0.25) is 0 Å². The summed E-state index contributed by atoms with van der Waals surface area (Å²) in [6.07, 6.45) is 5.34. The molecule has 0 atom stereocenters. The number of hydrogen-bond donors (Lipinski definition) is 0. The topological polar surface area (TPSA) is 25.8 Å². The van der Waals surface area contributed by atoms with Crippen molar-refractivity contribution in [3.8, 4) is 0 Å². The van der Waals surface area contributed by atoms with Gasteiger partial charge in [0.15, 0.2) is 0 Å². The van der Waals surface area contributed by atoms with Crippen LogP contribution in [0.4, 0.5) is 0 Å². The van der Waals surface area contributed by atoms with Gasteiger partial charge in [-0.15, -0.1) is 6.58 Å². The molecule has 1 heterocycles. The molecule has 0 aliphatic heterocycles. The lowest BCUT2D eigenvalue weighted by molar-refractivity contribution is 0.921. The quantitative estimate of drug-likeness (QED) is 0.568. The second-order valence-corrected chi connectivity index (χ2v) is 2.97. The number of halogens is 1. The van der Waals surface area contributed by atoms with Gasteiger partial charge in [0.25, 0.3) is 0 Å². The molecule has 0 amide bonds. The Morgan fingerprint density at radius 3 is 3.00 bits per heavy atom. The van der Waals surface area contributed by atoms with Crippen LogP contribution < -0.4 is 0 Å². The number of hydrogen-bond acceptors (Lipinski definition) is 2. The van der Waals surface area contributed by atoms with Crippen LogP contribution in [0, 0.1) is 0 Å². The normalized spacial score (nSPS) is 9.55. The summed E-state index contributed by atoms with van der Waals surface area (Å²) in [4.78, 5) is 8.02. The molecular formula is C8H9BrN2. The molecule has 0 aromatic carbocycles. The largest absolute Gasteiger partial charge is 0.241 e. The van der Waals surface area contributed by atoms with E-state index in [1.807, 2.05) is 12.1 Å². The van der Waals surface area contributed by atoms with Crippen LogP contribution in [0.2, 0.25) is 0 Å². The minimum Gasteiger partial charge on any atom is -0.241 e. The van der Waals surface area contributed by atoms with E-state index in [2.05, 4.69) is 32.5 Å². The first-order chi connectivity index (χ1) is 5.33. The zero-order valence-electron chi connectivity index (χ0n) is 6.13. The van der Waals surface area contributed by atoms with Gasteiger partial charge in [-0.1, -0.05) is 6.08 Å². The maximum absolute atomic E-state index is 4.09. The van der Waals surface area contributed by atoms with Crippen LogP contribution in [0.15, 0.2) is 29.7 Å². The fourth-order valence-corrected chi connectivity index (χ4v) is 1.11. The highest BCUT2D eigenvalue weighted by molar-refractivity contribution is 9.10. The zero-order chi connectivity index (χ0) is 8.10. The van der Waals surface area contributed by atoms with Gasteiger partial charge >= 0.3 is 0 Å². The predicted octanol–water partition coefficient (Wildman–Crippen LogP) is 2.36. The first-order valence-corrected chi connectivity index (χ1v) is 4.19. The van der Waals surface area contributed by atoms with Gasteiger partial charge in [-0.2, -0.15) is 0 Å². The second kappa shape index (κ2) is 4.23. The van der Waals surface area contributed by atoms with Gasteiger partial charge in [-0.25, -0.2) is 9.97 Å². The number of aromatic nitrogens is 2. The Hall–Kier alpha value is -0.700. The van der Waals surface area contributed by atoms with Crippen molar-refractivity contribution in [2.24, 2.45) is 0 Å². The van der Waals surface area contributed by atoms with E-state index in [0.29, 0.717) is 0 Å². The van der Waals surface area contributed by atoms with Crippen molar-refractivity contribution in [1.29, 1.82) is 0 Å². The monoisotopic (exact) mass is 212 g/mol. The average molecular weight is 213 g/mol. The predicted molar refractivity (Wildman–Crippen MR) is 48.3 cm³/mol. The van der Waals surface area contributed by atoms with Gasteiger partial charge in [-0.3, -0.25) is 0 Å². The standard InChI is InChI=1S/C8H9BrN2/c1-2-3-4-7-5-8(9)11-6-10-7/h2,5-6H,1,3-4H2. The Kier molecular flexibility index (Phi) is 3.23. The Morgan fingerprint density at radius 1 is 1.55 bits per heavy atom. The van der Waals surface area contributed by atoms with Gasteiger partial charge in [-0.05, 0) is 34.8 Å². The van der Waals surface area contributed by atoms with Crippen LogP contribution >= 0.6 is 15.9 Å². The maximum atomic E-state index is 4.09. The number of nitrogens with zero attached hydrogens (tertiary/aromatic N) is 2. The lowest BCUT2D eigenvalue weighted by Gasteiger charge is -1.95. The van der Waals surface area contributed by atoms with Crippen LogP contribution in [-0.4, -0.2) is 9.97 Å². The molecule has 0 saturated carbocycles. The molecule has 0 unspecified atom stereocenters.